The molecule has 2 amide bonds. The second-order valence-electron chi connectivity index (χ2n) is 5.69. The van der Waals surface area contributed by atoms with Crippen LogP contribution >= 0.6 is 0 Å². The van der Waals surface area contributed by atoms with Crippen molar-refractivity contribution in [3.8, 4) is 0 Å². The van der Waals surface area contributed by atoms with E-state index in [-0.39, 0.29) is 22.7 Å². The van der Waals surface area contributed by atoms with Crippen molar-refractivity contribution in [3.05, 3.63) is 69.6 Å². The number of fused-ring (bicyclic) bond motifs is 1. The maximum Gasteiger partial charge on any atom is 0.369 e. The molecule has 7 nitrogen and oxygen atoms in total. The molecule has 1 fully saturated rings. The van der Waals surface area contributed by atoms with Gasteiger partial charge in [-0.3, -0.25) is 14.4 Å². The van der Waals surface area contributed by atoms with Gasteiger partial charge in [-0.1, -0.05) is 17.2 Å². The number of hydrogen-bond acceptors (Lipinski definition) is 5. The van der Waals surface area contributed by atoms with Crippen molar-refractivity contribution < 1.29 is 19.2 Å². The Bertz CT molecular complexity index is 907. The first-order valence-electron chi connectivity index (χ1n) is 7.49. The zero-order chi connectivity index (χ0) is 16.8. The zero-order valence-electron chi connectivity index (χ0n) is 12.5. The second-order valence-corrected chi connectivity index (χ2v) is 5.69. The number of imide groups is 1. The smallest absolute Gasteiger partial charge is 0.324 e. The summed E-state index contributed by atoms with van der Waals surface area (Å²) >= 11 is 0. The Labute approximate surface area is 136 Å². The molecule has 24 heavy (non-hydrogen) atoms. The van der Waals surface area contributed by atoms with Crippen molar-refractivity contribution in [3.63, 3.8) is 0 Å². The van der Waals surface area contributed by atoms with E-state index >= 15 is 0 Å². The zero-order valence-corrected chi connectivity index (χ0v) is 12.5. The van der Waals surface area contributed by atoms with Gasteiger partial charge >= 0.3 is 5.97 Å². The Kier molecular flexibility index (Phi) is 3.09. The summed E-state index contributed by atoms with van der Waals surface area (Å²) in [6.45, 7) is 0. The average molecular weight is 324 g/mol. The van der Waals surface area contributed by atoms with Crippen molar-refractivity contribution in [1.82, 2.24) is 9.63 Å². The lowest BCUT2D eigenvalue weighted by Crippen LogP contribution is -2.35. The van der Waals surface area contributed by atoms with Gasteiger partial charge < -0.3 is 9.40 Å². The standard InChI is InChI=1S/C17H12N2O5/c20-14-13(6-3-9-18(14)10-7-8-10)17(23)24-19-15(21)11-4-1-2-5-12(11)16(19)22/h1-6,9-10H,7-8H2. The minimum absolute atomic E-state index is 0.101. The van der Waals surface area contributed by atoms with Crippen molar-refractivity contribution >= 4 is 17.8 Å². The third-order valence-electron chi connectivity index (χ3n) is 4.07. The van der Waals surface area contributed by atoms with Crippen molar-refractivity contribution in [2.45, 2.75) is 18.9 Å². The maximum absolute atomic E-state index is 12.3. The minimum Gasteiger partial charge on any atom is -0.324 e. The highest BCUT2D eigenvalue weighted by Gasteiger charge is 2.39. The number of carbonyl (C=O) groups is 3. The summed E-state index contributed by atoms with van der Waals surface area (Å²) in [5.41, 5.74) is -0.361. The molecule has 0 saturated heterocycles. The van der Waals surface area contributed by atoms with Crippen LogP contribution < -0.4 is 5.56 Å². The summed E-state index contributed by atoms with van der Waals surface area (Å²) in [6.07, 6.45) is 3.38. The highest BCUT2D eigenvalue weighted by Crippen LogP contribution is 2.33. The molecule has 1 aromatic carbocycles. The molecule has 0 bridgehead atoms. The first-order chi connectivity index (χ1) is 11.6. The van der Waals surface area contributed by atoms with E-state index in [9.17, 15) is 19.2 Å². The highest BCUT2D eigenvalue weighted by atomic mass is 16.7. The van der Waals surface area contributed by atoms with Crippen molar-refractivity contribution in [1.29, 1.82) is 0 Å². The van der Waals surface area contributed by atoms with Gasteiger partial charge in [0.25, 0.3) is 17.4 Å². The molecule has 0 unspecified atom stereocenters. The third kappa shape index (κ3) is 2.13. The van der Waals surface area contributed by atoms with Gasteiger partial charge in [0.1, 0.15) is 5.56 Å². The van der Waals surface area contributed by atoms with Crippen LogP contribution in [0.2, 0.25) is 0 Å². The summed E-state index contributed by atoms with van der Waals surface area (Å²) in [5, 5.41) is 0.404. The number of benzene rings is 1. The lowest BCUT2D eigenvalue weighted by molar-refractivity contribution is -0.0586. The Morgan fingerprint density at radius 2 is 1.58 bits per heavy atom. The first kappa shape index (κ1) is 14.4. The van der Waals surface area contributed by atoms with E-state index in [1.165, 1.54) is 22.8 Å². The van der Waals surface area contributed by atoms with Crippen LogP contribution in [0.3, 0.4) is 0 Å². The molecule has 1 aliphatic heterocycles. The van der Waals surface area contributed by atoms with Crippen LogP contribution in [0.25, 0.3) is 0 Å². The maximum atomic E-state index is 12.3. The van der Waals surface area contributed by atoms with E-state index < -0.39 is 23.3 Å². The summed E-state index contributed by atoms with van der Waals surface area (Å²) in [7, 11) is 0. The van der Waals surface area contributed by atoms with Gasteiger partial charge in [0, 0.05) is 12.2 Å². The molecule has 120 valence electrons. The predicted molar refractivity (Wildman–Crippen MR) is 81.3 cm³/mol. The topological polar surface area (TPSA) is 85.7 Å². The van der Waals surface area contributed by atoms with Gasteiger partial charge in [0.05, 0.1) is 11.1 Å². The van der Waals surface area contributed by atoms with Crippen LogP contribution in [0.15, 0.2) is 47.4 Å². The van der Waals surface area contributed by atoms with Crippen LogP contribution in [-0.4, -0.2) is 27.4 Å². The Morgan fingerprint density at radius 1 is 0.958 bits per heavy atom. The molecule has 1 saturated carbocycles. The molecule has 1 aliphatic carbocycles. The molecule has 0 spiro atoms. The van der Waals surface area contributed by atoms with E-state index in [0.717, 1.165) is 12.8 Å². The number of aromatic nitrogens is 1. The molecular formula is C17H12N2O5. The number of carbonyl (C=O) groups excluding carboxylic acids is 3. The van der Waals surface area contributed by atoms with Crippen LogP contribution in [0, 0.1) is 0 Å². The molecule has 0 atom stereocenters. The largest absolute Gasteiger partial charge is 0.369 e. The van der Waals surface area contributed by atoms with Gasteiger partial charge in [-0.25, -0.2) is 4.79 Å². The summed E-state index contributed by atoms with van der Waals surface area (Å²) in [5.74, 6) is -2.46. The quantitative estimate of drug-likeness (QED) is 0.800. The highest BCUT2D eigenvalue weighted by molar-refractivity contribution is 6.21. The van der Waals surface area contributed by atoms with E-state index in [1.807, 2.05) is 0 Å². The molecule has 0 N–H and O–H groups in total. The van der Waals surface area contributed by atoms with Crippen LogP contribution in [0.1, 0.15) is 50.0 Å². The Hall–Kier alpha value is -3.22. The van der Waals surface area contributed by atoms with Crippen LogP contribution in [0.5, 0.6) is 0 Å². The van der Waals surface area contributed by atoms with E-state index in [1.54, 1.807) is 24.4 Å². The Balaban J connectivity index is 1.62. The number of rotatable bonds is 3. The average Bonchev–Trinajstić information content (AvgIpc) is 3.40. The lowest BCUT2D eigenvalue weighted by Gasteiger charge is -2.13. The summed E-state index contributed by atoms with van der Waals surface area (Å²) in [6, 6.07) is 9.17. The third-order valence-corrected chi connectivity index (χ3v) is 4.07. The van der Waals surface area contributed by atoms with E-state index in [4.69, 9.17) is 4.84 Å². The van der Waals surface area contributed by atoms with Gasteiger partial charge in [0.15, 0.2) is 0 Å². The summed E-state index contributed by atoms with van der Waals surface area (Å²) < 4.78 is 1.47. The fourth-order valence-electron chi connectivity index (χ4n) is 2.69. The van der Waals surface area contributed by atoms with Gasteiger partial charge in [-0.05, 0) is 37.1 Å². The number of nitrogens with zero attached hydrogens (tertiary/aromatic N) is 2. The van der Waals surface area contributed by atoms with Crippen molar-refractivity contribution in [2.75, 3.05) is 0 Å². The van der Waals surface area contributed by atoms with E-state index in [2.05, 4.69) is 0 Å². The Morgan fingerprint density at radius 3 is 2.17 bits per heavy atom. The molecule has 2 aromatic rings. The number of hydroxylamine groups is 2. The fourth-order valence-corrected chi connectivity index (χ4v) is 2.69. The molecule has 2 heterocycles. The van der Waals surface area contributed by atoms with Crippen LogP contribution in [-0.2, 0) is 4.84 Å². The first-order valence-corrected chi connectivity index (χ1v) is 7.49. The van der Waals surface area contributed by atoms with Gasteiger partial charge in [-0.15, -0.1) is 0 Å². The number of hydrogen-bond donors (Lipinski definition) is 0. The normalized spacial score (nSPS) is 16.2. The summed E-state index contributed by atoms with van der Waals surface area (Å²) in [4.78, 5) is 53.9. The predicted octanol–water partition coefficient (Wildman–Crippen LogP) is 1.55. The number of pyridine rings is 1. The van der Waals surface area contributed by atoms with E-state index in [0.29, 0.717) is 5.06 Å². The van der Waals surface area contributed by atoms with Gasteiger partial charge in [0.2, 0.25) is 0 Å². The molecule has 1 aromatic heterocycles. The molecule has 4 rings (SSSR count). The molecule has 2 aliphatic rings. The minimum atomic E-state index is -1.02. The SMILES string of the molecule is O=C(ON1C(=O)c2ccccc2C1=O)c1cccn(C2CC2)c1=O. The molecule has 7 heteroatoms. The monoisotopic (exact) mass is 324 g/mol. The second kappa shape index (κ2) is 5.16. The van der Waals surface area contributed by atoms with Crippen molar-refractivity contribution in [2.24, 2.45) is 0 Å². The molecular weight excluding hydrogens is 312 g/mol. The number of amides is 2. The lowest BCUT2D eigenvalue weighted by atomic mass is 10.1. The van der Waals surface area contributed by atoms with Crippen LogP contribution in [0.4, 0.5) is 0 Å². The van der Waals surface area contributed by atoms with Gasteiger partial charge in [-0.2, -0.15) is 0 Å². The molecule has 0 radical (unpaired) electrons. The fraction of sp³-hybridized carbons (Fsp3) is 0.176.